The number of furan rings is 1. The van der Waals surface area contributed by atoms with E-state index in [1.807, 2.05) is 12.1 Å². The predicted molar refractivity (Wildman–Crippen MR) is 129 cm³/mol. The van der Waals surface area contributed by atoms with E-state index in [4.69, 9.17) is 9.40 Å². The van der Waals surface area contributed by atoms with E-state index in [9.17, 15) is 0 Å². The van der Waals surface area contributed by atoms with Crippen molar-refractivity contribution in [3.05, 3.63) is 103 Å². The summed E-state index contributed by atoms with van der Waals surface area (Å²) in [7, 11) is 0. The van der Waals surface area contributed by atoms with E-state index in [-0.39, 0.29) is 0 Å². The van der Waals surface area contributed by atoms with Crippen LogP contribution in [0.25, 0.3) is 65.6 Å². The van der Waals surface area contributed by atoms with Crippen LogP contribution in [0.4, 0.5) is 0 Å². The highest BCUT2D eigenvalue weighted by Gasteiger charge is 2.14. The molecule has 2 aromatic heterocycles. The Hall–Kier alpha value is -4.17. The van der Waals surface area contributed by atoms with Crippen LogP contribution in [0.15, 0.2) is 108 Å². The van der Waals surface area contributed by atoms with Gasteiger partial charge in [-0.25, -0.2) is 4.98 Å². The highest BCUT2D eigenvalue weighted by molar-refractivity contribution is 6.17. The van der Waals surface area contributed by atoms with Crippen LogP contribution in [0.3, 0.4) is 0 Å². The minimum atomic E-state index is 0.889. The fraction of sp³-hybridized carbons (Fsp3) is 0. The molecule has 7 aromatic rings. The average Bonchev–Trinajstić information content (AvgIpc) is 3.20. The van der Waals surface area contributed by atoms with Gasteiger partial charge in [-0.05, 0) is 51.9 Å². The van der Waals surface area contributed by atoms with Crippen molar-refractivity contribution < 1.29 is 4.42 Å². The lowest BCUT2D eigenvalue weighted by atomic mass is 9.99. The van der Waals surface area contributed by atoms with Crippen molar-refractivity contribution >= 4 is 54.4 Å². The molecular formula is C29H17NO. The van der Waals surface area contributed by atoms with Gasteiger partial charge >= 0.3 is 0 Å². The second kappa shape index (κ2) is 6.16. The van der Waals surface area contributed by atoms with Crippen molar-refractivity contribution in [1.82, 2.24) is 4.98 Å². The number of nitrogens with zero attached hydrogens (tertiary/aromatic N) is 1. The predicted octanol–water partition coefficient (Wildman–Crippen LogP) is 8.11. The van der Waals surface area contributed by atoms with Gasteiger partial charge in [0.1, 0.15) is 11.2 Å². The zero-order valence-electron chi connectivity index (χ0n) is 16.7. The van der Waals surface area contributed by atoms with Crippen LogP contribution in [0.5, 0.6) is 0 Å². The molecule has 0 fully saturated rings. The van der Waals surface area contributed by atoms with Gasteiger partial charge in [-0.3, -0.25) is 0 Å². The second-order valence-electron chi connectivity index (χ2n) is 8.03. The highest BCUT2D eigenvalue weighted by Crippen LogP contribution is 2.38. The Morgan fingerprint density at radius 2 is 1.29 bits per heavy atom. The molecular weight excluding hydrogens is 378 g/mol. The van der Waals surface area contributed by atoms with Crippen molar-refractivity contribution in [1.29, 1.82) is 0 Å². The largest absolute Gasteiger partial charge is 0.455 e. The summed E-state index contributed by atoms with van der Waals surface area (Å²) < 4.78 is 6.43. The van der Waals surface area contributed by atoms with E-state index in [1.165, 1.54) is 21.5 Å². The number of hydrogen-bond acceptors (Lipinski definition) is 2. The molecule has 0 atom stereocenters. The zero-order chi connectivity index (χ0) is 20.4. The molecule has 0 saturated heterocycles. The van der Waals surface area contributed by atoms with Crippen molar-refractivity contribution in [3.63, 3.8) is 0 Å². The lowest BCUT2D eigenvalue weighted by molar-refractivity contribution is 0.670. The molecule has 0 aliphatic rings. The summed E-state index contributed by atoms with van der Waals surface area (Å²) in [5.41, 5.74) is 4.74. The molecule has 144 valence electrons. The Kier molecular flexibility index (Phi) is 3.30. The molecule has 0 amide bonds. The van der Waals surface area contributed by atoms with Crippen molar-refractivity contribution in [2.75, 3.05) is 0 Å². The van der Waals surface area contributed by atoms with Gasteiger partial charge in [-0.1, -0.05) is 72.8 Å². The Morgan fingerprint density at radius 3 is 2.26 bits per heavy atom. The Bertz CT molecular complexity index is 1790. The number of benzene rings is 5. The Morgan fingerprint density at radius 1 is 0.516 bits per heavy atom. The van der Waals surface area contributed by atoms with E-state index in [0.29, 0.717) is 0 Å². The summed E-state index contributed by atoms with van der Waals surface area (Å²) in [5.74, 6) is 0. The first-order valence-electron chi connectivity index (χ1n) is 10.5. The summed E-state index contributed by atoms with van der Waals surface area (Å²) in [4.78, 5) is 4.90. The van der Waals surface area contributed by atoms with E-state index < -0.39 is 0 Å². The molecule has 31 heavy (non-hydrogen) atoms. The maximum atomic E-state index is 6.43. The summed E-state index contributed by atoms with van der Waals surface area (Å²) >= 11 is 0. The van der Waals surface area contributed by atoms with E-state index in [2.05, 4.69) is 91.0 Å². The Labute approximate surface area is 178 Å². The molecule has 2 heterocycles. The van der Waals surface area contributed by atoms with Crippen molar-refractivity contribution in [2.45, 2.75) is 0 Å². The van der Waals surface area contributed by atoms with Gasteiger partial charge in [-0.2, -0.15) is 0 Å². The molecule has 0 radical (unpaired) electrons. The second-order valence-corrected chi connectivity index (χ2v) is 8.03. The smallest absolute Gasteiger partial charge is 0.144 e. The molecule has 0 spiro atoms. The molecule has 5 aromatic carbocycles. The van der Waals surface area contributed by atoms with Gasteiger partial charge in [0.2, 0.25) is 0 Å². The fourth-order valence-corrected chi connectivity index (χ4v) is 4.72. The molecule has 0 N–H and O–H groups in total. The maximum Gasteiger partial charge on any atom is 0.144 e. The van der Waals surface area contributed by atoms with E-state index >= 15 is 0 Å². The minimum absolute atomic E-state index is 0.889. The monoisotopic (exact) mass is 395 g/mol. The third-order valence-corrected chi connectivity index (χ3v) is 6.24. The van der Waals surface area contributed by atoms with Gasteiger partial charge in [-0.15, -0.1) is 0 Å². The van der Waals surface area contributed by atoms with E-state index in [1.54, 1.807) is 0 Å². The van der Waals surface area contributed by atoms with Crippen LogP contribution in [-0.2, 0) is 0 Å². The lowest BCUT2D eigenvalue weighted by Crippen LogP contribution is -1.85. The number of hydrogen-bond donors (Lipinski definition) is 0. The van der Waals surface area contributed by atoms with Crippen LogP contribution in [0.2, 0.25) is 0 Å². The standard InChI is InChI=1S/C29H17NO/c1-3-8-21-18(6-1)12-13-20-16-28-25(17-24(20)21)22-9-5-10-23(29(22)31-28)27-15-14-19-7-2-4-11-26(19)30-27/h1-17H. The first kappa shape index (κ1) is 16.6. The van der Waals surface area contributed by atoms with E-state index in [0.717, 1.165) is 44.1 Å². The topological polar surface area (TPSA) is 26.0 Å². The molecule has 0 bridgehead atoms. The maximum absolute atomic E-state index is 6.43. The van der Waals surface area contributed by atoms with Crippen LogP contribution in [0.1, 0.15) is 0 Å². The van der Waals surface area contributed by atoms with Crippen LogP contribution >= 0.6 is 0 Å². The average molecular weight is 395 g/mol. The molecule has 7 rings (SSSR count). The first-order chi connectivity index (χ1) is 15.3. The van der Waals surface area contributed by atoms with Crippen LogP contribution in [0, 0.1) is 0 Å². The van der Waals surface area contributed by atoms with Gasteiger partial charge in [0, 0.05) is 21.7 Å². The van der Waals surface area contributed by atoms with Gasteiger partial charge < -0.3 is 4.42 Å². The molecule has 0 unspecified atom stereocenters. The van der Waals surface area contributed by atoms with Crippen LogP contribution < -0.4 is 0 Å². The normalized spacial score (nSPS) is 11.9. The Balaban J connectivity index is 1.55. The zero-order valence-corrected chi connectivity index (χ0v) is 16.7. The third-order valence-electron chi connectivity index (χ3n) is 6.24. The number of pyridine rings is 1. The van der Waals surface area contributed by atoms with Crippen LogP contribution in [-0.4, -0.2) is 4.98 Å². The summed E-state index contributed by atoms with van der Waals surface area (Å²) in [6, 6.07) is 36.1. The summed E-state index contributed by atoms with van der Waals surface area (Å²) in [5, 5.41) is 8.37. The molecule has 2 nitrogen and oxygen atoms in total. The van der Waals surface area contributed by atoms with Gasteiger partial charge in [0.05, 0.1) is 11.2 Å². The molecule has 0 saturated carbocycles. The number of aromatic nitrogens is 1. The van der Waals surface area contributed by atoms with Crippen molar-refractivity contribution in [2.24, 2.45) is 0 Å². The third kappa shape index (κ3) is 2.42. The fourth-order valence-electron chi connectivity index (χ4n) is 4.72. The van der Waals surface area contributed by atoms with Crippen molar-refractivity contribution in [3.8, 4) is 11.3 Å². The summed E-state index contributed by atoms with van der Waals surface area (Å²) in [6.45, 7) is 0. The number of rotatable bonds is 1. The highest BCUT2D eigenvalue weighted by atomic mass is 16.3. The quantitative estimate of drug-likeness (QED) is 0.262. The van der Waals surface area contributed by atoms with Gasteiger partial charge in [0.25, 0.3) is 0 Å². The summed E-state index contributed by atoms with van der Waals surface area (Å²) in [6.07, 6.45) is 0. The minimum Gasteiger partial charge on any atom is -0.455 e. The van der Waals surface area contributed by atoms with Gasteiger partial charge in [0.15, 0.2) is 0 Å². The molecule has 0 aliphatic carbocycles. The lowest BCUT2D eigenvalue weighted by Gasteiger charge is -2.04. The SMILES string of the molecule is c1ccc2nc(-c3cccc4c3oc3cc5ccc6ccccc6c5cc34)ccc2c1. The molecule has 2 heteroatoms. The number of para-hydroxylation sites is 2. The molecule has 0 aliphatic heterocycles. The first-order valence-corrected chi connectivity index (χ1v) is 10.5. The number of fused-ring (bicyclic) bond motifs is 7.